The van der Waals surface area contributed by atoms with Gasteiger partial charge in [0.2, 0.25) is 0 Å². The van der Waals surface area contributed by atoms with Crippen LogP contribution in [0, 0.1) is 11.3 Å². The maximum atomic E-state index is 12.9. The molecule has 4 aromatic rings. The highest BCUT2D eigenvalue weighted by atomic mass is 16.1. The Morgan fingerprint density at radius 2 is 1.82 bits per heavy atom. The number of amides is 1. The average molecular weight is 519 g/mol. The second-order valence-corrected chi connectivity index (χ2v) is 9.13. The molecular formula is C31H30N6O2. The molecule has 196 valence electrons. The van der Waals surface area contributed by atoms with Crippen LogP contribution in [0.25, 0.3) is 0 Å². The van der Waals surface area contributed by atoms with Gasteiger partial charge in [-0.2, -0.15) is 5.26 Å². The van der Waals surface area contributed by atoms with Gasteiger partial charge in [-0.25, -0.2) is 0 Å². The van der Waals surface area contributed by atoms with Crippen LogP contribution < -0.4 is 16.6 Å². The van der Waals surface area contributed by atoms with Gasteiger partial charge >= 0.3 is 0 Å². The van der Waals surface area contributed by atoms with E-state index in [-0.39, 0.29) is 17.0 Å². The molecule has 2 heterocycles. The number of aryl methyl sites for hydroxylation is 1. The average Bonchev–Trinajstić information content (AvgIpc) is 2.97. The van der Waals surface area contributed by atoms with Gasteiger partial charge in [-0.05, 0) is 52.9 Å². The van der Waals surface area contributed by atoms with E-state index < -0.39 is 0 Å². The fourth-order valence-electron chi connectivity index (χ4n) is 4.34. The number of rotatable bonds is 9. The minimum absolute atomic E-state index is 0.125. The maximum Gasteiger partial charge on any atom is 0.268 e. The second kappa shape index (κ2) is 12.5. The van der Waals surface area contributed by atoms with Gasteiger partial charge in [0.25, 0.3) is 11.5 Å². The topological polar surface area (TPSA) is 126 Å². The third kappa shape index (κ3) is 6.65. The van der Waals surface area contributed by atoms with Crippen LogP contribution in [0.2, 0.25) is 0 Å². The highest BCUT2D eigenvalue weighted by Crippen LogP contribution is 2.15. The van der Waals surface area contributed by atoms with Gasteiger partial charge in [-0.1, -0.05) is 49.4 Å². The van der Waals surface area contributed by atoms with Crippen LogP contribution in [0.15, 0.2) is 88.9 Å². The van der Waals surface area contributed by atoms with E-state index in [2.05, 4.69) is 22.2 Å². The number of carbonyl (C=O) groups is 1. The zero-order valence-electron chi connectivity index (χ0n) is 22.0. The molecule has 0 atom stereocenters. The monoisotopic (exact) mass is 518 g/mol. The number of nitrogens with one attached hydrogen (secondary N) is 1. The Kier molecular flexibility index (Phi) is 8.64. The molecule has 8 heteroatoms. The molecule has 0 bridgehead atoms. The van der Waals surface area contributed by atoms with E-state index in [4.69, 9.17) is 11.0 Å². The van der Waals surface area contributed by atoms with Crippen LogP contribution in [0.4, 0.5) is 0 Å². The second-order valence-electron chi connectivity index (χ2n) is 9.13. The third-order valence-corrected chi connectivity index (χ3v) is 6.50. The molecule has 4 rings (SSSR count). The summed E-state index contributed by atoms with van der Waals surface area (Å²) in [5.41, 5.74) is 12.1. The van der Waals surface area contributed by atoms with Crippen LogP contribution in [0.3, 0.4) is 0 Å². The van der Waals surface area contributed by atoms with Crippen molar-refractivity contribution < 1.29 is 4.79 Å². The number of nitriles is 1. The van der Waals surface area contributed by atoms with Gasteiger partial charge in [-0.15, -0.1) is 0 Å². The lowest BCUT2D eigenvalue weighted by molar-refractivity contribution is 0.0950. The lowest BCUT2D eigenvalue weighted by atomic mass is 10.0. The number of nitrogens with two attached hydrogens (primary N) is 1. The number of carbonyl (C=O) groups excluding carboxylic acids is 1. The molecule has 0 aliphatic rings. The Balaban J connectivity index is 1.39. The molecule has 0 saturated carbocycles. The van der Waals surface area contributed by atoms with Crippen molar-refractivity contribution in [2.24, 2.45) is 10.7 Å². The van der Waals surface area contributed by atoms with Crippen LogP contribution in [0.5, 0.6) is 0 Å². The summed E-state index contributed by atoms with van der Waals surface area (Å²) >= 11 is 0. The number of amidine groups is 1. The summed E-state index contributed by atoms with van der Waals surface area (Å²) in [7, 11) is 1.67. The molecular weight excluding hydrogens is 488 g/mol. The third-order valence-electron chi connectivity index (χ3n) is 6.50. The van der Waals surface area contributed by atoms with Crippen LogP contribution in [0.1, 0.15) is 56.4 Å². The summed E-state index contributed by atoms with van der Waals surface area (Å²) in [6, 6.07) is 22.4. The zero-order valence-corrected chi connectivity index (χ0v) is 22.0. The first kappa shape index (κ1) is 27.0. The largest absolute Gasteiger partial charge is 0.384 e. The summed E-state index contributed by atoms with van der Waals surface area (Å²) in [6.45, 7) is 2.84. The molecule has 39 heavy (non-hydrogen) atoms. The van der Waals surface area contributed by atoms with E-state index in [9.17, 15) is 9.59 Å². The lowest BCUT2D eigenvalue weighted by Crippen LogP contribution is -2.23. The van der Waals surface area contributed by atoms with Crippen molar-refractivity contribution in [1.29, 1.82) is 5.26 Å². The van der Waals surface area contributed by atoms with Gasteiger partial charge in [0.1, 0.15) is 17.5 Å². The summed E-state index contributed by atoms with van der Waals surface area (Å²) in [6.07, 6.45) is 4.69. The normalized spacial score (nSPS) is 11.2. The molecule has 1 amide bonds. The number of benzene rings is 2. The molecule has 0 fully saturated rings. The molecule has 0 aliphatic carbocycles. The minimum Gasteiger partial charge on any atom is -0.384 e. The molecule has 2 aromatic heterocycles. The summed E-state index contributed by atoms with van der Waals surface area (Å²) < 4.78 is 1.52. The predicted molar refractivity (Wildman–Crippen MR) is 152 cm³/mol. The zero-order chi connectivity index (χ0) is 27.8. The standard InChI is InChI=1S/C31H30N6O2/c1-3-24-15-23(10-11-28(24)29(33)34-2)19-36-30(38)25-12-13-35-27(17-25)16-21-6-8-22(9-7-21)20-37-14-4-5-26(18-32)31(37)39/h4-15,17H,3,16,19-20H2,1-2H3,(H2,33,34)(H,36,38). The van der Waals surface area contributed by atoms with Crippen molar-refractivity contribution in [1.82, 2.24) is 14.9 Å². The number of nitrogens with zero attached hydrogens (tertiary/aromatic N) is 4. The van der Waals surface area contributed by atoms with Crippen LogP contribution in [-0.4, -0.2) is 28.3 Å². The van der Waals surface area contributed by atoms with Gasteiger partial charge < -0.3 is 15.6 Å². The summed E-state index contributed by atoms with van der Waals surface area (Å²) in [5.74, 6) is 0.332. The Bertz CT molecular complexity index is 1610. The van der Waals surface area contributed by atoms with E-state index in [0.717, 1.165) is 39.9 Å². The van der Waals surface area contributed by atoms with Crippen LogP contribution >= 0.6 is 0 Å². The van der Waals surface area contributed by atoms with E-state index in [1.54, 1.807) is 37.6 Å². The molecule has 0 spiro atoms. The van der Waals surface area contributed by atoms with E-state index in [1.807, 2.05) is 48.5 Å². The Labute approximate surface area is 227 Å². The molecule has 0 radical (unpaired) electrons. The molecule has 0 unspecified atom stereocenters. The van der Waals surface area contributed by atoms with Crippen molar-refractivity contribution in [3.8, 4) is 6.07 Å². The number of hydrogen-bond donors (Lipinski definition) is 2. The first-order valence-electron chi connectivity index (χ1n) is 12.7. The van der Waals surface area contributed by atoms with E-state index in [0.29, 0.717) is 30.9 Å². The maximum absolute atomic E-state index is 12.9. The summed E-state index contributed by atoms with van der Waals surface area (Å²) in [5, 5.41) is 12.1. The van der Waals surface area contributed by atoms with Crippen molar-refractivity contribution >= 4 is 11.7 Å². The fourth-order valence-corrected chi connectivity index (χ4v) is 4.34. The number of aliphatic imine (C=N–C) groups is 1. The van der Waals surface area contributed by atoms with E-state index in [1.165, 1.54) is 10.6 Å². The number of pyridine rings is 2. The van der Waals surface area contributed by atoms with Gasteiger partial charge in [-0.3, -0.25) is 19.6 Å². The first-order chi connectivity index (χ1) is 18.9. The molecule has 2 aromatic carbocycles. The Morgan fingerprint density at radius 3 is 2.54 bits per heavy atom. The van der Waals surface area contributed by atoms with Gasteiger partial charge in [0.05, 0.1) is 6.54 Å². The number of aromatic nitrogens is 2. The molecule has 3 N–H and O–H groups in total. The van der Waals surface area contributed by atoms with Crippen molar-refractivity contribution in [2.45, 2.75) is 32.9 Å². The Hall–Kier alpha value is -5.03. The SMILES string of the molecule is CCc1cc(CNC(=O)c2ccnc(Cc3ccc(Cn4cccc(C#N)c4=O)cc3)c2)ccc1C(N)=NC. The molecule has 0 saturated heterocycles. The van der Waals surface area contributed by atoms with Crippen LogP contribution in [-0.2, 0) is 25.9 Å². The van der Waals surface area contributed by atoms with Crippen molar-refractivity contribution in [3.63, 3.8) is 0 Å². The quantitative estimate of drug-likeness (QED) is 0.259. The smallest absolute Gasteiger partial charge is 0.268 e. The first-order valence-corrected chi connectivity index (χ1v) is 12.7. The lowest BCUT2D eigenvalue weighted by Gasteiger charge is -2.11. The van der Waals surface area contributed by atoms with Crippen molar-refractivity contribution in [3.05, 3.63) is 134 Å². The molecule has 0 aliphatic heterocycles. The predicted octanol–water partition coefficient (Wildman–Crippen LogP) is 3.58. The number of hydrogen-bond acceptors (Lipinski definition) is 5. The summed E-state index contributed by atoms with van der Waals surface area (Å²) in [4.78, 5) is 33.7. The minimum atomic E-state index is -0.304. The Morgan fingerprint density at radius 1 is 1.08 bits per heavy atom. The highest BCUT2D eigenvalue weighted by Gasteiger charge is 2.10. The highest BCUT2D eigenvalue weighted by molar-refractivity contribution is 5.99. The van der Waals surface area contributed by atoms with Gasteiger partial charge in [0.15, 0.2) is 0 Å². The van der Waals surface area contributed by atoms with Crippen molar-refractivity contribution in [2.75, 3.05) is 7.05 Å². The van der Waals surface area contributed by atoms with Gasteiger partial charge in [0, 0.05) is 49.2 Å². The fraction of sp³-hybridized carbons (Fsp3) is 0.194. The van der Waals surface area contributed by atoms with E-state index >= 15 is 0 Å². The molecule has 8 nitrogen and oxygen atoms in total.